The molecule has 0 radical (unpaired) electrons. The average Bonchev–Trinajstić information content (AvgIpc) is 2.89. The van der Waals surface area contributed by atoms with E-state index in [9.17, 15) is 5.26 Å². The number of rotatable bonds is 5. The second kappa shape index (κ2) is 6.42. The monoisotopic (exact) mass is 290 g/mol. The minimum Gasteiger partial charge on any atom is -0.301 e. The van der Waals surface area contributed by atoms with Gasteiger partial charge in [-0.05, 0) is 31.0 Å². The van der Waals surface area contributed by atoms with Gasteiger partial charge in [-0.3, -0.25) is 5.32 Å². The van der Waals surface area contributed by atoms with Crippen molar-refractivity contribution >= 4 is 5.65 Å². The summed E-state index contributed by atoms with van der Waals surface area (Å²) in [6, 6.07) is 18.1. The van der Waals surface area contributed by atoms with E-state index in [1.807, 2.05) is 53.9 Å². The predicted molar refractivity (Wildman–Crippen MR) is 86.4 cm³/mol. The zero-order chi connectivity index (χ0) is 15.4. The van der Waals surface area contributed by atoms with Gasteiger partial charge in [0.05, 0.1) is 17.5 Å². The third-order valence-corrected chi connectivity index (χ3v) is 3.76. The topological polar surface area (TPSA) is 53.1 Å². The first kappa shape index (κ1) is 14.3. The van der Waals surface area contributed by atoms with Crippen molar-refractivity contribution in [1.82, 2.24) is 14.7 Å². The van der Waals surface area contributed by atoms with Crippen LogP contribution in [0.4, 0.5) is 0 Å². The molecule has 110 valence electrons. The van der Waals surface area contributed by atoms with Crippen LogP contribution in [0, 0.1) is 18.3 Å². The maximum absolute atomic E-state index is 9.53. The fourth-order valence-corrected chi connectivity index (χ4v) is 2.69. The molecule has 0 fully saturated rings. The average molecular weight is 290 g/mol. The molecule has 2 aromatic heterocycles. The van der Waals surface area contributed by atoms with Crippen LogP contribution in [0.25, 0.3) is 5.65 Å². The number of benzene rings is 1. The Bertz CT molecular complexity index is 799. The van der Waals surface area contributed by atoms with Crippen molar-refractivity contribution in [2.45, 2.75) is 19.4 Å². The zero-order valence-corrected chi connectivity index (χ0v) is 12.5. The van der Waals surface area contributed by atoms with Gasteiger partial charge in [-0.15, -0.1) is 0 Å². The van der Waals surface area contributed by atoms with Crippen LogP contribution in [-0.2, 0) is 6.42 Å². The number of aryl methyl sites for hydroxylation is 1. The number of hydrogen-bond donors (Lipinski definition) is 1. The molecule has 0 bridgehead atoms. The van der Waals surface area contributed by atoms with Crippen molar-refractivity contribution in [1.29, 1.82) is 5.26 Å². The summed E-state index contributed by atoms with van der Waals surface area (Å²) in [5, 5.41) is 12.9. The van der Waals surface area contributed by atoms with Crippen LogP contribution in [0.3, 0.4) is 0 Å². The largest absolute Gasteiger partial charge is 0.301 e. The van der Waals surface area contributed by atoms with Gasteiger partial charge in [-0.1, -0.05) is 36.4 Å². The lowest BCUT2D eigenvalue weighted by atomic mass is 10.1. The van der Waals surface area contributed by atoms with Crippen LogP contribution in [0.2, 0.25) is 0 Å². The quantitative estimate of drug-likeness (QED) is 0.786. The Hall–Kier alpha value is -2.64. The number of imidazole rings is 1. The van der Waals surface area contributed by atoms with Gasteiger partial charge in [-0.2, -0.15) is 5.26 Å². The maximum atomic E-state index is 9.53. The molecule has 3 aromatic rings. The summed E-state index contributed by atoms with van der Waals surface area (Å²) in [7, 11) is 0. The molecule has 1 atom stereocenters. The molecular formula is C18H18N4. The predicted octanol–water partition coefficient (Wildman–Crippen LogP) is 3.04. The first-order valence-electron chi connectivity index (χ1n) is 7.40. The highest BCUT2D eigenvalue weighted by Crippen LogP contribution is 2.19. The molecule has 3 rings (SSSR count). The zero-order valence-electron chi connectivity index (χ0n) is 12.5. The molecule has 4 heteroatoms. The van der Waals surface area contributed by atoms with Gasteiger partial charge in [0.15, 0.2) is 0 Å². The third kappa shape index (κ3) is 2.85. The van der Waals surface area contributed by atoms with Gasteiger partial charge < -0.3 is 4.40 Å². The number of nitriles is 1. The van der Waals surface area contributed by atoms with E-state index in [1.165, 1.54) is 5.56 Å². The Morgan fingerprint density at radius 1 is 1.18 bits per heavy atom. The van der Waals surface area contributed by atoms with Crippen LogP contribution in [-0.4, -0.2) is 15.9 Å². The highest BCUT2D eigenvalue weighted by atomic mass is 15.1. The Morgan fingerprint density at radius 2 is 1.95 bits per heavy atom. The molecule has 0 amide bonds. The van der Waals surface area contributed by atoms with Crippen LogP contribution in [0.1, 0.15) is 23.0 Å². The molecule has 0 aliphatic carbocycles. The number of aromatic nitrogens is 2. The molecule has 1 aromatic carbocycles. The second-order valence-electron chi connectivity index (χ2n) is 5.26. The van der Waals surface area contributed by atoms with E-state index in [1.54, 1.807) is 0 Å². The minimum absolute atomic E-state index is 0.360. The highest BCUT2D eigenvalue weighted by molar-refractivity contribution is 5.44. The SMILES string of the molecule is Cc1nc2ccccn2c1C(C#N)NCCc1ccccc1. The lowest BCUT2D eigenvalue weighted by molar-refractivity contribution is 0.610. The van der Waals surface area contributed by atoms with Crippen molar-refractivity contribution in [2.75, 3.05) is 6.54 Å². The lowest BCUT2D eigenvalue weighted by Crippen LogP contribution is -2.24. The van der Waals surface area contributed by atoms with Crippen molar-refractivity contribution in [3.05, 3.63) is 71.7 Å². The van der Waals surface area contributed by atoms with Crippen LogP contribution >= 0.6 is 0 Å². The summed E-state index contributed by atoms with van der Waals surface area (Å²) in [5.41, 5.74) is 3.96. The number of pyridine rings is 1. The van der Waals surface area contributed by atoms with Crippen LogP contribution in [0.15, 0.2) is 54.7 Å². The normalized spacial score (nSPS) is 12.2. The summed E-state index contributed by atoms with van der Waals surface area (Å²) in [4.78, 5) is 4.52. The molecule has 1 N–H and O–H groups in total. The first-order chi connectivity index (χ1) is 10.8. The van der Waals surface area contributed by atoms with E-state index in [-0.39, 0.29) is 6.04 Å². The van der Waals surface area contributed by atoms with Gasteiger partial charge >= 0.3 is 0 Å². The summed E-state index contributed by atoms with van der Waals surface area (Å²) >= 11 is 0. The Kier molecular flexibility index (Phi) is 4.17. The van der Waals surface area contributed by atoms with E-state index in [2.05, 4.69) is 28.5 Å². The fourth-order valence-electron chi connectivity index (χ4n) is 2.69. The molecular weight excluding hydrogens is 272 g/mol. The molecule has 0 saturated carbocycles. The van der Waals surface area contributed by atoms with Gasteiger partial charge in [0.25, 0.3) is 0 Å². The maximum Gasteiger partial charge on any atom is 0.138 e. The molecule has 4 nitrogen and oxygen atoms in total. The third-order valence-electron chi connectivity index (χ3n) is 3.76. The van der Waals surface area contributed by atoms with Gasteiger partial charge in [-0.25, -0.2) is 4.98 Å². The standard InChI is InChI=1S/C18H18N4/c1-14-18(22-12-6-5-9-17(22)21-14)16(13-19)20-11-10-15-7-3-2-4-8-15/h2-9,12,16,20H,10-11H2,1H3. The molecule has 0 aliphatic heterocycles. The smallest absolute Gasteiger partial charge is 0.138 e. The van der Waals surface area contributed by atoms with E-state index in [0.717, 1.165) is 30.0 Å². The minimum atomic E-state index is -0.360. The second-order valence-corrected chi connectivity index (χ2v) is 5.26. The van der Waals surface area contributed by atoms with E-state index in [4.69, 9.17) is 0 Å². The van der Waals surface area contributed by atoms with Gasteiger partial charge in [0.2, 0.25) is 0 Å². The van der Waals surface area contributed by atoms with Crippen molar-refractivity contribution in [3.8, 4) is 6.07 Å². The Balaban J connectivity index is 1.76. The van der Waals surface area contributed by atoms with E-state index >= 15 is 0 Å². The molecule has 2 heterocycles. The molecule has 1 unspecified atom stereocenters. The highest BCUT2D eigenvalue weighted by Gasteiger charge is 2.18. The van der Waals surface area contributed by atoms with Crippen LogP contribution < -0.4 is 5.32 Å². The van der Waals surface area contributed by atoms with Crippen molar-refractivity contribution in [3.63, 3.8) is 0 Å². The summed E-state index contributed by atoms with van der Waals surface area (Å²) in [5.74, 6) is 0. The first-order valence-corrected chi connectivity index (χ1v) is 7.40. The molecule has 0 aliphatic rings. The number of hydrogen-bond acceptors (Lipinski definition) is 3. The van der Waals surface area contributed by atoms with E-state index in [0.29, 0.717) is 0 Å². The molecule has 0 spiro atoms. The fraction of sp³-hybridized carbons (Fsp3) is 0.222. The Labute approximate surface area is 130 Å². The van der Waals surface area contributed by atoms with Crippen molar-refractivity contribution in [2.24, 2.45) is 0 Å². The summed E-state index contributed by atoms with van der Waals surface area (Å²) in [6.45, 7) is 2.70. The van der Waals surface area contributed by atoms with Gasteiger partial charge in [0, 0.05) is 12.7 Å². The molecule has 22 heavy (non-hydrogen) atoms. The van der Waals surface area contributed by atoms with Crippen LogP contribution in [0.5, 0.6) is 0 Å². The summed E-state index contributed by atoms with van der Waals surface area (Å²) in [6.07, 6.45) is 2.85. The van der Waals surface area contributed by atoms with Gasteiger partial charge in [0.1, 0.15) is 11.7 Å². The van der Waals surface area contributed by atoms with Crippen molar-refractivity contribution < 1.29 is 0 Å². The number of nitrogens with zero attached hydrogens (tertiary/aromatic N) is 3. The Morgan fingerprint density at radius 3 is 2.73 bits per heavy atom. The molecule has 0 saturated heterocycles. The number of fused-ring (bicyclic) bond motifs is 1. The lowest BCUT2D eigenvalue weighted by Gasteiger charge is -2.12. The van der Waals surface area contributed by atoms with E-state index < -0.39 is 0 Å². The number of nitrogens with one attached hydrogen (secondary N) is 1. The summed E-state index contributed by atoms with van der Waals surface area (Å²) < 4.78 is 1.98.